The molecule has 88 heavy (non-hydrogen) atoms. The van der Waals surface area contributed by atoms with Crippen molar-refractivity contribution in [1.29, 1.82) is 0 Å². The first kappa shape index (κ1) is 51.3. The van der Waals surface area contributed by atoms with Crippen LogP contribution in [0, 0.1) is 0 Å². The fraction of sp³-hybridized carbons (Fsp3) is 0. The first-order valence-corrected chi connectivity index (χ1v) is 34.2. The summed E-state index contributed by atoms with van der Waals surface area (Å²) in [5, 5.41) is 7.12. The normalized spacial score (nSPS) is 11.9. The van der Waals surface area contributed by atoms with Gasteiger partial charge in [0.05, 0.1) is 22.1 Å². The van der Waals surface area contributed by atoms with Gasteiger partial charge in [-0.2, -0.15) is 0 Å². The average Bonchev–Trinajstić information content (AvgIpc) is 1.63. The molecule has 0 aliphatic heterocycles. The van der Waals surface area contributed by atoms with E-state index in [0.717, 1.165) is 88.8 Å². The number of para-hydroxylation sites is 4. The van der Waals surface area contributed by atoms with Crippen molar-refractivity contribution >= 4 is 96.3 Å². The first-order valence-electron chi connectivity index (χ1n) is 30.0. The molecule has 17 aromatic rings. The Kier molecular flexibility index (Phi) is 12.3. The van der Waals surface area contributed by atoms with Crippen LogP contribution in [0.25, 0.3) is 128 Å². The Balaban J connectivity index is 0.973. The van der Waals surface area contributed by atoms with Gasteiger partial charge in [0.1, 0.15) is 0 Å². The molecule has 13 aromatic carbocycles. The molecule has 4 heterocycles. The zero-order chi connectivity index (χ0) is 58.1. The van der Waals surface area contributed by atoms with Gasteiger partial charge in [-0.3, -0.25) is 0 Å². The van der Waals surface area contributed by atoms with E-state index in [1.165, 1.54) is 39.1 Å². The number of fused-ring (bicyclic) bond motifs is 9. The van der Waals surface area contributed by atoms with Gasteiger partial charge in [-0.1, -0.05) is 84.9 Å². The van der Waals surface area contributed by atoms with Crippen LogP contribution in [0.15, 0.2) is 328 Å². The maximum absolute atomic E-state index is 5.56. The summed E-state index contributed by atoms with van der Waals surface area (Å²) < 4.78 is 12.8. The molecule has 0 spiro atoms. The second-order valence-electron chi connectivity index (χ2n) is 22.7. The Bertz CT molecular complexity index is 5070. The van der Waals surface area contributed by atoms with Gasteiger partial charge in [0.25, 0.3) is 0 Å². The van der Waals surface area contributed by atoms with Gasteiger partial charge in [-0.05, 0) is 24.3 Å². The molecule has 0 atom stereocenters. The molecule has 4 aromatic heterocycles. The predicted molar refractivity (Wildman–Crippen MR) is 368 cm³/mol. The number of benzene rings is 13. The topological polar surface area (TPSA) is 53.5 Å². The molecule has 6 nitrogen and oxygen atoms in total. The maximum atomic E-state index is 5.56. The van der Waals surface area contributed by atoms with Crippen LogP contribution in [0.3, 0.4) is 0 Å². The van der Waals surface area contributed by atoms with Crippen molar-refractivity contribution in [3.05, 3.63) is 328 Å². The van der Waals surface area contributed by atoms with E-state index in [-0.39, 0.29) is 0 Å². The summed E-state index contributed by atoms with van der Waals surface area (Å²) in [4.78, 5) is 16.4. The third-order valence-electron chi connectivity index (χ3n) is 17.8. The van der Waals surface area contributed by atoms with Gasteiger partial charge >= 0.3 is 362 Å². The second kappa shape index (κ2) is 21.1. The van der Waals surface area contributed by atoms with Gasteiger partial charge in [-0.25, -0.2) is 0 Å². The minimum atomic E-state index is -3.70. The van der Waals surface area contributed by atoms with Gasteiger partial charge in [0.15, 0.2) is 0 Å². The summed E-state index contributed by atoms with van der Waals surface area (Å²) in [7, 11) is 0. The average molecular weight is 1180 g/mol. The Labute approximate surface area is 511 Å². The van der Waals surface area contributed by atoms with Crippen molar-refractivity contribution < 1.29 is 0 Å². The summed E-state index contributed by atoms with van der Waals surface area (Å²) >= 11 is -3.70. The number of aromatic nitrogens is 6. The molecular formula is C81H54GeN6. The van der Waals surface area contributed by atoms with Crippen molar-refractivity contribution in [3.8, 4) is 62.4 Å². The molecule has 0 bridgehead atoms. The molecule has 7 heteroatoms. The molecule has 412 valence electrons. The third kappa shape index (κ3) is 8.28. The quantitative estimate of drug-likeness (QED) is 0.121. The SMILES string of the molecule is c1ccc(-c2nc(-c3ccccc3)nc(-c3cc(-c4ccc[c]([Ge]([c]5ccccc5)([c]5ccccc5)[c]5ccccc5)c4)ccc3-n3c4cc(-n5c6ccccc6c6ccccc65)ccc4c4ccc(-n5c6ccccc6c6ccccc65)cc43)n2)cc1. The van der Waals surface area contributed by atoms with E-state index in [1.54, 1.807) is 0 Å². The Morgan fingerprint density at radius 1 is 0.216 bits per heavy atom. The summed E-state index contributed by atoms with van der Waals surface area (Å²) in [5.41, 5.74) is 14.6. The molecule has 0 saturated carbocycles. The Morgan fingerprint density at radius 3 is 0.989 bits per heavy atom. The van der Waals surface area contributed by atoms with Crippen LogP contribution in [0.2, 0.25) is 0 Å². The number of rotatable bonds is 11. The zero-order valence-electron chi connectivity index (χ0n) is 47.9. The zero-order valence-corrected chi connectivity index (χ0v) is 50.0. The van der Waals surface area contributed by atoms with E-state index in [1.807, 2.05) is 36.4 Å². The molecule has 0 amide bonds. The van der Waals surface area contributed by atoms with Crippen LogP contribution in [0.1, 0.15) is 0 Å². The van der Waals surface area contributed by atoms with E-state index >= 15 is 0 Å². The molecular weight excluding hydrogens is 1130 g/mol. The van der Waals surface area contributed by atoms with Gasteiger partial charge in [-0.15, -0.1) is 0 Å². The molecule has 0 aliphatic carbocycles. The fourth-order valence-electron chi connectivity index (χ4n) is 13.9. The van der Waals surface area contributed by atoms with Crippen molar-refractivity contribution in [1.82, 2.24) is 28.7 Å². The third-order valence-corrected chi connectivity index (χ3v) is 27.9. The molecule has 0 fully saturated rings. The van der Waals surface area contributed by atoms with Crippen molar-refractivity contribution in [2.45, 2.75) is 0 Å². The molecule has 0 aliphatic rings. The first-order chi connectivity index (χ1) is 43.7. The number of nitrogens with zero attached hydrogens (tertiary/aromatic N) is 6. The van der Waals surface area contributed by atoms with E-state index in [0.29, 0.717) is 17.5 Å². The van der Waals surface area contributed by atoms with E-state index in [2.05, 4.69) is 305 Å². The predicted octanol–water partition coefficient (Wildman–Crippen LogP) is 17.2. The van der Waals surface area contributed by atoms with E-state index in [4.69, 9.17) is 15.0 Å². The summed E-state index contributed by atoms with van der Waals surface area (Å²) in [6, 6.07) is 120. The van der Waals surface area contributed by atoms with E-state index in [9.17, 15) is 0 Å². The van der Waals surface area contributed by atoms with Gasteiger partial charge in [0.2, 0.25) is 0 Å². The van der Waals surface area contributed by atoms with Crippen LogP contribution in [0.4, 0.5) is 0 Å². The van der Waals surface area contributed by atoms with Crippen LogP contribution >= 0.6 is 0 Å². The van der Waals surface area contributed by atoms with Gasteiger partial charge in [0, 0.05) is 21.5 Å². The van der Waals surface area contributed by atoms with Crippen molar-refractivity contribution in [2.24, 2.45) is 0 Å². The van der Waals surface area contributed by atoms with Crippen LogP contribution in [-0.2, 0) is 0 Å². The number of hydrogen-bond donors (Lipinski definition) is 0. The fourth-order valence-corrected chi connectivity index (χ4v) is 24.0. The van der Waals surface area contributed by atoms with Crippen LogP contribution in [0.5, 0.6) is 0 Å². The summed E-state index contributed by atoms with van der Waals surface area (Å²) in [6.45, 7) is 0. The monoisotopic (exact) mass is 1180 g/mol. The summed E-state index contributed by atoms with van der Waals surface area (Å²) in [5.74, 6) is 1.76. The minimum absolute atomic E-state index is 0.567. The van der Waals surface area contributed by atoms with Crippen LogP contribution < -0.4 is 17.6 Å². The Hall–Kier alpha value is -11.2. The van der Waals surface area contributed by atoms with E-state index < -0.39 is 13.3 Å². The standard InChI is InChI=1S/C81H54GeN6/c1-6-25-55(26-7-1)79-83-80(56-27-8-2-9-28-56)85-81(84-79)71-52-58(57-29-24-36-62(51-57)82(59-30-10-3-11-31-59,60-32-12-4-13-33-60)61-34-14-5-15-35-61)45-50-76(71)88-77-53-63(86-72-41-20-16-37-65(72)66-38-17-21-42-73(66)86)46-48-69(77)70-49-47-64(54-78(70)88)87-74-43-22-18-39-67(74)68-40-19-23-44-75(68)87/h1-54H. The molecule has 17 rings (SSSR count). The molecule has 0 N–H and O–H groups in total. The van der Waals surface area contributed by atoms with Crippen LogP contribution in [-0.4, -0.2) is 41.9 Å². The molecule has 0 saturated heterocycles. The van der Waals surface area contributed by atoms with Crippen molar-refractivity contribution in [3.63, 3.8) is 0 Å². The Morgan fingerprint density at radius 2 is 0.557 bits per heavy atom. The molecule has 0 unspecified atom stereocenters. The second-order valence-corrected chi connectivity index (χ2v) is 30.7. The molecule has 0 radical (unpaired) electrons. The van der Waals surface area contributed by atoms with Crippen molar-refractivity contribution in [2.75, 3.05) is 0 Å². The number of hydrogen-bond acceptors (Lipinski definition) is 3. The van der Waals surface area contributed by atoms with Gasteiger partial charge < -0.3 is 0 Å². The summed E-state index contributed by atoms with van der Waals surface area (Å²) in [6.07, 6.45) is 0.